The summed E-state index contributed by atoms with van der Waals surface area (Å²) < 4.78 is 13.2. The van der Waals surface area contributed by atoms with Crippen molar-refractivity contribution in [3.8, 4) is 0 Å². The Hall–Kier alpha value is 0.531. The van der Waals surface area contributed by atoms with E-state index in [4.69, 9.17) is 8.85 Å². The molecule has 21 heavy (non-hydrogen) atoms. The van der Waals surface area contributed by atoms with Crippen LogP contribution < -0.4 is 0 Å². The van der Waals surface area contributed by atoms with Crippen LogP contribution in [0.25, 0.3) is 0 Å². The van der Waals surface area contributed by atoms with E-state index in [0.717, 1.165) is 25.7 Å². The van der Waals surface area contributed by atoms with Gasteiger partial charge in [-0.2, -0.15) is 0 Å². The lowest BCUT2D eigenvalue weighted by molar-refractivity contribution is -0.0789. The highest BCUT2D eigenvalue weighted by molar-refractivity contribution is 6.72. The first-order chi connectivity index (χ1) is 9.45. The van der Waals surface area contributed by atoms with E-state index in [2.05, 4.69) is 45.8 Å². The molecule has 0 aliphatic heterocycles. The normalized spacial score (nSPS) is 25.7. The SMILES string of the molecule is C[SiH2]C(CC1CCCC(O)C1)(O[Si](C)(C)C)O[Si](C)(C)C. The van der Waals surface area contributed by atoms with E-state index in [0.29, 0.717) is 5.92 Å². The molecule has 0 aromatic heterocycles. The molecule has 0 aromatic rings. The molecule has 0 spiro atoms. The number of hydrogen-bond acceptors (Lipinski definition) is 3. The van der Waals surface area contributed by atoms with Gasteiger partial charge in [-0.3, -0.25) is 0 Å². The van der Waals surface area contributed by atoms with Gasteiger partial charge in [-0.25, -0.2) is 0 Å². The molecule has 3 nitrogen and oxygen atoms in total. The van der Waals surface area contributed by atoms with Crippen LogP contribution in [0.4, 0.5) is 0 Å². The molecule has 0 heterocycles. The molecule has 2 atom stereocenters. The molecule has 0 saturated heterocycles. The molecule has 1 N–H and O–H groups in total. The summed E-state index contributed by atoms with van der Waals surface area (Å²) in [7, 11) is -3.75. The molecule has 6 heteroatoms. The van der Waals surface area contributed by atoms with Crippen molar-refractivity contribution in [1.29, 1.82) is 0 Å². The molecule has 2 unspecified atom stereocenters. The Balaban J connectivity index is 2.88. The summed E-state index contributed by atoms with van der Waals surface area (Å²) in [6, 6.07) is 0. The zero-order chi connectivity index (χ0) is 16.3. The van der Waals surface area contributed by atoms with Crippen LogP contribution >= 0.6 is 0 Å². The number of aliphatic hydroxyl groups is 1. The van der Waals surface area contributed by atoms with Crippen LogP contribution in [-0.2, 0) is 8.85 Å². The van der Waals surface area contributed by atoms with Crippen molar-refractivity contribution in [2.45, 2.75) is 89.4 Å². The number of hydrogen-bond donors (Lipinski definition) is 1. The van der Waals surface area contributed by atoms with Gasteiger partial charge in [0.25, 0.3) is 0 Å². The van der Waals surface area contributed by atoms with Crippen LogP contribution in [0, 0.1) is 5.92 Å². The van der Waals surface area contributed by atoms with Crippen molar-refractivity contribution in [2.24, 2.45) is 5.92 Å². The largest absolute Gasteiger partial charge is 0.395 e. The predicted molar refractivity (Wildman–Crippen MR) is 98.6 cm³/mol. The first-order valence-corrected chi connectivity index (χ1v) is 17.5. The third-order valence-corrected chi connectivity index (χ3v) is 8.08. The maximum absolute atomic E-state index is 9.96. The van der Waals surface area contributed by atoms with Crippen LogP contribution in [-0.4, -0.2) is 42.8 Å². The second-order valence-corrected chi connectivity index (χ2v) is 19.2. The predicted octanol–water partition coefficient (Wildman–Crippen LogP) is 3.50. The van der Waals surface area contributed by atoms with E-state index in [1.54, 1.807) is 0 Å². The van der Waals surface area contributed by atoms with E-state index in [9.17, 15) is 5.11 Å². The Bertz CT molecular complexity index is 307. The third kappa shape index (κ3) is 7.56. The van der Waals surface area contributed by atoms with Crippen molar-refractivity contribution in [3.63, 3.8) is 0 Å². The first kappa shape index (κ1) is 19.6. The topological polar surface area (TPSA) is 38.7 Å². The fourth-order valence-electron chi connectivity index (χ4n) is 3.40. The molecule has 1 aliphatic carbocycles. The second-order valence-electron chi connectivity index (χ2n) is 8.58. The van der Waals surface area contributed by atoms with Gasteiger partial charge in [0.15, 0.2) is 16.6 Å². The molecule has 126 valence electrons. The van der Waals surface area contributed by atoms with Crippen LogP contribution in [0.1, 0.15) is 32.1 Å². The van der Waals surface area contributed by atoms with Crippen molar-refractivity contribution in [2.75, 3.05) is 0 Å². The summed E-state index contributed by atoms with van der Waals surface area (Å²) >= 11 is 0. The van der Waals surface area contributed by atoms with Crippen LogP contribution in [0.3, 0.4) is 0 Å². The lowest BCUT2D eigenvalue weighted by atomic mass is 9.85. The van der Waals surface area contributed by atoms with E-state index in [1.165, 1.54) is 6.42 Å². The highest BCUT2D eigenvalue weighted by Gasteiger charge is 2.41. The minimum absolute atomic E-state index is 0.112. The van der Waals surface area contributed by atoms with Gasteiger partial charge in [-0.1, -0.05) is 19.4 Å². The van der Waals surface area contributed by atoms with Crippen molar-refractivity contribution in [3.05, 3.63) is 0 Å². The molecular formula is C15H36O3Si3. The lowest BCUT2D eigenvalue weighted by Gasteiger charge is -2.45. The number of aliphatic hydroxyl groups excluding tert-OH is 1. The Morgan fingerprint density at radius 1 is 1.05 bits per heavy atom. The second kappa shape index (κ2) is 7.40. The van der Waals surface area contributed by atoms with E-state index in [1.807, 2.05) is 0 Å². The van der Waals surface area contributed by atoms with Gasteiger partial charge in [0.05, 0.1) is 15.6 Å². The zero-order valence-electron chi connectivity index (χ0n) is 15.2. The molecule has 1 rings (SSSR count). The molecule has 1 aliphatic rings. The van der Waals surface area contributed by atoms with Crippen molar-refractivity contribution < 1.29 is 14.0 Å². The average molecular weight is 349 g/mol. The highest BCUT2D eigenvalue weighted by atomic mass is 28.4. The average Bonchev–Trinajstić information content (AvgIpc) is 2.24. The van der Waals surface area contributed by atoms with Gasteiger partial charge in [0.2, 0.25) is 0 Å². The van der Waals surface area contributed by atoms with Gasteiger partial charge in [-0.15, -0.1) is 0 Å². The zero-order valence-corrected chi connectivity index (χ0v) is 18.6. The van der Waals surface area contributed by atoms with Gasteiger partial charge in [0, 0.05) is 0 Å². The summed E-state index contributed by atoms with van der Waals surface area (Å²) in [5.41, 5.74) is -0.295. The molecule has 0 radical (unpaired) electrons. The summed E-state index contributed by atoms with van der Waals surface area (Å²) in [6.45, 7) is 15.9. The fraction of sp³-hybridized carbons (Fsp3) is 1.00. The summed E-state index contributed by atoms with van der Waals surface area (Å²) in [5, 5.41) is 9.96. The molecule has 1 saturated carbocycles. The maximum atomic E-state index is 9.96. The molecule has 0 aromatic carbocycles. The quantitative estimate of drug-likeness (QED) is 0.565. The Morgan fingerprint density at radius 2 is 1.57 bits per heavy atom. The third-order valence-electron chi connectivity index (χ3n) is 3.88. The van der Waals surface area contributed by atoms with Gasteiger partial charge in [-0.05, 0) is 64.5 Å². The van der Waals surface area contributed by atoms with E-state index >= 15 is 0 Å². The van der Waals surface area contributed by atoms with Gasteiger partial charge >= 0.3 is 0 Å². The summed E-state index contributed by atoms with van der Waals surface area (Å²) in [6.07, 6.45) is 5.15. The molecule has 0 amide bonds. The number of rotatable bonds is 7. The van der Waals surface area contributed by atoms with Gasteiger partial charge in [0.1, 0.15) is 5.41 Å². The van der Waals surface area contributed by atoms with Crippen LogP contribution in [0.2, 0.25) is 45.8 Å². The van der Waals surface area contributed by atoms with E-state index < -0.39 is 26.2 Å². The van der Waals surface area contributed by atoms with Crippen molar-refractivity contribution >= 4 is 26.2 Å². The highest BCUT2D eigenvalue weighted by Crippen LogP contribution is 2.36. The standard InChI is InChI=1S/C15H36O3Si3/c1-19-15(17-20(2,3)4,18-21(5,6)7)12-13-9-8-10-14(16)11-13/h13-14,16H,8-12,19H2,1-7H3. The first-order valence-electron chi connectivity index (χ1n) is 8.53. The fourth-order valence-corrected chi connectivity index (χ4v) is 10.4. The summed E-state index contributed by atoms with van der Waals surface area (Å²) in [5.74, 6) is 0.564. The minimum Gasteiger partial charge on any atom is -0.395 e. The monoisotopic (exact) mass is 348 g/mol. The van der Waals surface area contributed by atoms with E-state index in [-0.39, 0.29) is 11.5 Å². The summed E-state index contributed by atoms with van der Waals surface area (Å²) in [4.78, 5) is 0. The van der Waals surface area contributed by atoms with Crippen LogP contribution in [0.15, 0.2) is 0 Å². The van der Waals surface area contributed by atoms with Gasteiger partial charge < -0.3 is 14.0 Å². The lowest BCUT2D eigenvalue weighted by Crippen LogP contribution is -2.54. The van der Waals surface area contributed by atoms with Crippen LogP contribution in [0.5, 0.6) is 0 Å². The Kier molecular flexibility index (Phi) is 6.90. The maximum Gasteiger partial charge on any atom is 0.187 e. The molecular weight excluding hydrogens is 312 g/mol. The molecule has 1 fully saturated rings. The Morgan fingerprint density at radius 3 is 1.95 bits per heavy atom. The molecule has 0 bridgehead atoms. The van der Waals surface area contributed by atoms with Crippen molar-refractivity contribution in [1.82, 2.24) is 0 Å². The minimum atomic E-state index is -1.65. The Labute approximate surface area is 135 Å². The smallest absolute Gasteiger partial charge is 0.187 e.